The van der Waals surface area contributed by atoms with E-state index >= 15 is 0 Å². The van der Waals surface area contributed by atoms with Crippen molar-refractivity contribution < 1.29 is 0 Å². The van der Waals surface area contributed by atoms with Gasteiger partial charge in [-0.2, -0.15) is 0 Å². The summed E-state index contributed by atoms with van der Waals surface area (Å²) in [4.78, 5) is 4.89. The van der Waals surface area contributed by atoms with E-state index in [0.717, 1.165) is 81.6 Å². The van der Waals surface area contributed by atoms with Gasteiger partial charge in [0.2, 0.25) is 0 Å². The fraction of sp³-hybridized carbons (Fsp3) is 1.00. The Morgan fingerprint density at radius 2 is 0.591 bits per heavy atom. The summed E-state index contributed by atoms with van der Waals surface area (Å²) in [6.07, 6.45) is 30.6. The highest BCUT2D eigenvalue weighted by Crippen LogP contribution is 2.08. The lowest BCUT2D eigenvalue weighted by molar-refractivity contribution is 0.222. The van der Waals surface area contributed by atoms with Gasteiger partial charge in [0.05, 0.1) is 0 Å². The zero-order chi connectivity index (χ0) is 103. The predicted molar refractivity (Wildman–Crippen MR) is 605 cm³/mol. The molecule has 0 aliphatic carbocycles. The molecule has 0 aromatic rings. The van der Waals surface area contributed by atoms with Gasteiger partial charge in [-0.25, -0.2) is 0 Å². The van der Waals surface area contributed by atoms with E-state index in [1.807, 2.05) is 56.4 Å². The second-order valence-corrected chi connectivity index (χ2v) is 39.3. The number of rotatable bonds is 55. The Labute approximate surface area is 813 Å². The van der Waals surface area contributed by atoms with Crippen LogP contribution in [0.3, 0.4) is 0 Å². The Balaban J connectivity index is -0.0000000676. The third-order valence-electron chi connectivity index (χ3n) is 19.7. The molecule has 0 rings (SSSR count). The van der Waals surface area contributed by atoms with E-state index in [1.54, 1.807) is 0 Å². The van der Waals surface area contributed by atoms with Crippen LogP contribution in [0.5, 0.6) is 0 Å². The van der Waals surface area contributed by atoms with Gasteiger partial charge in [-0.15, -0.1) is 0 Å². The summed E-state index contributed by atoms with van der Waals surface area (Å²) < 4.78 is 0. The van der Waals surface area contributed by atoms with Gasteiger partial charge in [0.15, 0.2) is 0 Å². The molecule has 0 amide bonds. The second kappa shape index (κ2) is 146. The number of hydrogen-bond donors (Lipinski definition) is 15. The number of unbranched alkanes of at least 4 members (excludes halogenated alkanes) is 6. The third-order valence-corrected chi connectivity index (χ3v) is 19.7. The zero-order valence-electron chi connectivity index (χ0n) is 99.9. The van der Waals surface area contributed by atoms with Crippen molar-refractivity contribution in [2.45, 2.75) is 550 Å². The summed E-state index contributed by atoms with van der Waals surface area (Å²) in [5.74, 6) is 3.23. The lowest BCUT2D eigenvalue weighted by atomic mass is 10.0. The van der Waals surface area contributed by atoms with Crippen LogP contribution in [-0.2, 0) is 0 Å². The Morgan fingerprint density at radius 3 is 0.756 bits per heavy atom. The summed E-state index contributed by atoms with van der Waals surface area (Å²) in [7, 11) is 18.1. The second-order valence-electron chi connectivity index (χ2n) is 39.3. The molecule has 796 valence electrons. The Morgan fingerprint density at radius 1 is 0.260 bits per heavy atom. The van der Waals surface area contributed by atoms with Gasteiger partial charge >= 0.3 is 0 Å². The maximum atomic E-state index is 3.47. The molecule has 4 unspecified atom stereocenters. The van der Waals surface area contributed by atoms with Crippen molar-refractivity contribution in [3.05, 3.63) is 0 Å². The molecule has 0 spiro atoms. The molecular weight excluding hydrogens is 1560 g/mol. The van der Waals surface area contributed by atoms with Crippen LogP contribution in [0.1, 0.15) is 473 Å². The number of nitrogens with one attached hydrogen (secondary N) is 15. The average Bonchev–Trinajstić information content (AvgIpc) is 0.943. The molecular formula is C110H271N17. The highest BCUT2D eigenvalue weighted by Gasteiger charge is 2.14. The SMILES string of the molecule is CC(C)CNC(C)C.CCC(C)(C)NC.CCC(C)(C)NC(C)C.CCC(C)CNC.CCC(C)CNC(C)C.CCC(C)NC.CCC(C)NC(C)C.CCC(CC)NC.CCCCCNC.CCCCCNC(C)C.CCCCNC.CCCCNC(C)C.CCCN(C)CCC.CCCN(CCC)C(C)C.CCCNC.CCCNC(C)C.CNCC(C)C. The Bertz CT molecular complexity index is 1590. The summed E-state index contributed by atoms with van der Waals surface area (Å²) in [6, 6.07) is 7.28. The van der Waals surface area contributed by atoms with Crippen LogP contribution < -0.4 is 79.8 Å². The molecule has 0 aromatic carbocycles. The molecule has 0 fully saturated rings. The standard InChI is InChI=1S/C9H21N.3C8H19N.4C7H17N.5C6H15N.3C5H13N.C4H11N/c1-5-7-10(8-6-2)9(3)4;1-6-8(4,5)9-7(2)3;1-5-8(4)6-9-7(2)3;1-4-5-6-7-9-8(2)3;1-6(2)5-8-7(3)4;1-5-7(4)8-6(2)3;1-4-5-6-8-7(2)3;1-4-6-8(3)7-5-2;1-5-6(2,3)7-4;1-4-6(2)5-7-3;1-4-5-7-6(2)3;1-4-6(5-2)7-3;1-3-4-5-6-7-2;1-5(2)4-6-3;1-4-5(2)6-3;1-3-4-5-6-2;1-3-4-5-2/h9H,5-8H2,1-4H3;7,9H,6H2,1-5H3;7-9H,5-6H2,1-4H3;8-9H,4-7H2,1-3H3;2*6-8H,5H2,1-4H3;7-8H,4-6H2,1-3H3;4-7H2,1-3H3;7H,5H2,1-4H3;3*6-7H,4-5H2,1-3H3;7H,3-6H2,1-2H3;2*5-6H,4H2,1-3H3;6H,3-5H2,1-2H3;5H,3-4H2,1-2H3. The van der Waals surface area contributed by atoms with Crippen LogP contribution >= 0.6 is 0 Å². The average molecular weight is 1830 g/mol. The quantitative estimate of drug-likeness (QED) is 0.0258. The minimum Gasteiger partial charge on any atom is -0.320 e. The fourth-order valence-electron chi connectivity index (χ4n) is 9.60. The molecule has 17 heteroatoms. The van der Waals surface area contributed by atoms with Crippen molar-refractivity contribution in [2.75, 3.05) is 155 Å². The summed E-state index contributed by atoms with van der Waals surface area (Å²) >= 11 is 0. The Kier molecular flexibility index (Phi) is 190. The minimum atomic E-state index is 0.314. The molecule has 0 saturated heterocycles. The largest absolute Gasteiger partial charge is 0.320 e. The molecule has 0 radical (unpaired) electrons. The maximum absolute atomic E-state index is 3.47. The molecule has 17 nitrogen and oxygen atoms in total. The summed E-state index contributed by atoms with van der Waals surface area (Å²) in [6.45, 7) is 118. The fourth-order valence-corrected chi connectivity index (χ4v) is 9.60. The number of hydrogen-bond acceptors (Lipinski definition) is 17. The van der Waals surface area contributed by atoms with Crippen LogP contribution in [0.4, 0.5) is 0 Å². The maximum Gasteiger partial charge on any atom is 0.0124 e. The predicted octanol–water partition coefficient (Wildman–Crippen LogP) is 26.2. The molecule has 0 heterocycles. The summed E-state index contributed by atoms with van der Waals surface area (Å²) in [5.41, 5.74) is 0.647. The van der Waals surface area contributed by atoms with Crippen LogP contribution in [0.15, 0.2) is 0 Å². The lowest BCUT2D eigenvalue weighted by Crippen LogP contribution is -2.42. The monoisotopic (exact) mass is 1830 g/mol. The van der Waals surface area contributed by atoms with E-state index in [4.69, 9.17) is 0 Å². The minimum absolute atomic E-state index is 0.314. The van der Waals surface area contributed by atoms with Crippen LogP contribution in [0.25, 0.3) is 0 Å². The van der Waals surface area contributed by atoms with E-state index in [9.17, 15) is 0 Å². The van der Waals surface area contributed by atoms with Gasteiger partial charge < -0.3 is 89.6 Å². The van der Waals surface area contributed by atoms with Gasteiger partial charge in [0.25, 0.3) is 0 Å². The van der Waals surface area contributed by atoms with E-state index in [-0.39, 0.29) is 0 Å². The normalized spacial score (nSPS) is 11.5. The smallest absolute Gasteiger partial charge is 0.0124 e. The van der Waals surface area contributed by atoms with E-state index < -0.39 is 0 Å². The molecule has 0 saturated carbocycles. The third kappa shape index (κ3) is 239. The molecule has 0 aliphatic rings. The highest BCUT2D eigenvalue weighted by atomic mass is 15.1. The molecule has 4 atom stereocenters. The van der Waals surface area contributed by atoms with Gasteiger partial charge in [0.1, 0.15) is 0 Å². The van der Waals surface area contributed by atoms with E-state index in [2.05, 4.69) is 415 Å². The van der Waals surface area contributed by atoms with Crippen LogP contribution in [0.2, 0.25) is 0 Å². The first-order chi connectivity index (χ1) is 59.4. The number of nitrogens with zero attached hydrogens (tertiary/aromatic N) is 2. The Hall–Kier alpha value is -0.680. The van der Waals surface area contributed by atoms with Crippen molar-refractivity contribution >= 4 is 0 Å². The molecule has 127 heavy (non-hydrogen) atoms. The molecule has 15 N–H and O–H groups in total. The van der Waals surface area contributed by atoms with Crippen molar-refractivity contribution in [1.82, 2.24) is 89.6 Å². The summed E-state index contributed by atoms with van der Waals surface area (Å²) in [5, 5.41) is 48.5. The topological polar surface area (TPSA) is 187 Å². The van der Waals surface area contributed by atoms with Crippen LogP contribution in [0, 0.1) is 23.7 Å². The highest BCUT2D eigenvalue weighted by molar-refractivity contribution is 4.77. The van der Waals surface area contributed by atoms with Crippen molar-refractivity contribution in [3.8, 4) is 0 Å². The van der Waals surface area contributed by atoms with Gasteiger partial charge in [-0.3, -0.25) is 0 Å². The van der Waals surface area contributed by atoms with Crippen molar-refractivity contribution in [3.63, 3.8) is 0 Å². The van der Waals surface area contributed by atoms with E-state index in [1.165, 1.54) is 200 Å². The first kappa shape index (κ1) is 166. The van der Waals surface area contributed by atoms with Gasteiger partial charge in [-0.1, -0.05) is 314 Å². The molecule has 0 aromatic heterocycles. The van der Waals surface area contributed by atoms with Crippen molar-refractivity contribution in [1.29, 1.82) is 0 Å². The first-order valence-corrected chi connectivity index (χ1v) is 54.3. The van der Waals surface area contributed by atoms with Gasteiger partial charge in [0, 0.05) is 77.5 Å². The van der Waals surface area contributed by atoms with Crippen molar-refractivity contribution in [2.24, 2.45) is 23.7 Å². The van der Waals surface area contributed by atoms with E-state index in [0.29, 0.717) is 65.5 Å². The van der Waals surface area contributed by atoms with Gasteiger partial charge in [-0.05, 0) is 337 Å². The zero-order valence-corrected chi connectivity index (χ0v) is 99.9. The molecule has 0 aliphatic heterocycles. The molecule has 0 bridgehead atoms. The lowest BCUT2D eigenvalue weighted by Gasteiger charge is -2.27. The van der Waals surface area contributed by atoms with Crippen LogP contribution in [-0.4, -0.2) is 242 Å². The first-order valence-electron chi connectivity index (χ1n) is 54.3.